The van der Waals surface area contributed by atoms with E-state index in [9.17, 15) is 4.79 Å². The lowest BCUT2D eigenvalue weighted by atomic mass is 9.95. The molecule has 2 aromatic carbocycles. The van der Waals surface area contributed by atoms with Crippen molar-refractivity contribution in [1.82, 2.24) is 30.1 Å². The molecule has 0 saturated heterocycles. The van der Waals surface area contributed by atoms with E-state index in [1.165, 1.54) is 24.0 Å². The minimum atomic E-state index is -0.379. The third-order valence-corrected chi connectivity index (χ3v) is 7.63. The van der Waals surface area contributed by atoms with Crippen LogP contribution in [0, 0.1) is 0 Å². The van der Waals surface area contributed by atoms with Crippen LogP contribution >= 0.6 is 0 Å². The molecule has 4 aromatic rings. The molecule has 6 rings (SSSR count). The minimum absolute atomic E-state index is 0.153. The van der Waals surface area contributed by atoms with Crippen molar-refractivity contribution in [3.05, 3.63) is 75.3 Å². The Labute approximate surface area is 209 Å². The van der Waals surface area contributed by atoms with Gasteiger partial charge in [-0.15, -0.1) is 5.10 Å². The molecular formula is C27H30N6O3. The first kappa shape index (κ1) is 22.7. The summed E-state index contributed by atoms with van der Waals surface area (Å²) < 4.78 is 12.9. The van der Waals surface area contributed by atoms with Crippen molar-refractivity contribution < 1.29 is 9.47 Å². The zero-order valence-corrected chi connectivity index (χ0v) is 20.6. The van der Waals surface area contributed by atoms with E-state index in [0.29, 0.717) is 22.6 Å². The summed E-state index contributed by atoms with van der Waals surface area (Å²) in [4.78, 5) is 19.0. The first-order chi connectivity index (χ1) is 17.7. The van der Waals surface area contributed by atoms with E-state index in [0.717, 1.165) is 43.6 Å². The molecule has 9 nitrogen and oxygen atoms in total. The number of hydrogen-bond donors (Lipinski definition) is 1. The second-order valence-corrected chi connectivity index (χ2v) is 9.66. The standard InChI is InChI=1S/C27H30N6O3/c1-35-23-14-19-13-21(27(34)28-22(19)15-24(23)36-2)25(26-29-30-31-33(26)20-9-5-6-10-20)32-12-11-17-7-3-4-8-18(17)16-32/h3-4,7-8,13-15,20,25H,5-6,9-12,16H2,1-2H3,(H,28,34)/t25-/m1/s1. The van der Waals surface area contributed by atoms with Crippen molar-refractivity contribution in [2.24, 2.45) is 0 Å². The topological polar surface area (TPSA) is 98.2 Å². The number of nitrogens with one attached hydrogen (secondary N) is 1. The Balaban J connectivity index is 1.51. The molecule has 1 aliphatic heterocycles. The summed E-state index contributed by atoms with van der Waals surface area (Å²) in [5, 5.41) is 13.9. The van der Waals surface area contributed by atoms with Crippen LogP contribution in [-0.2, 0) is 13.0 Å². The number of rotatable bonds is 6. The zero-order chi connectivity index (χ0) is 24.6. The SMILES string of the molecule is COc1cc2cc([C@H](c3nnnn3C3CCCC3)N3CCc4ccccc4C3)c(=O)[nH]c2cc1OC. The molecule has 0 unspecified atom stereocenters. The molecule has 1 N–H and O–H groups in total. The van der Waals surface area contributed by atoms with Gasteiger partial charge in [-0.3, -0.25) is 9.69 Å². The predicted molar refractivity (Wildman–Crippen MR) is 135 cm³/mol. The molecule has 2 aliphatic rings. The van der Waals surface area contributed by atoms with Crippen LogP contribution < -0.4 is 15.0 Å². The highest BCUT2D eigenvalue weighted by molar-refractivity contribution is 5.83. The van der Waals surface area contributed by atoms with Crippen LogP contribution in [0.4, 0.5) is 0 Å². The third kappa shape index (κ3) is 3.93. The van der Waals surface area contributed by atoms with Gasteiger partial charge in [0.15, 0.2) is 17.3 Å². The number of aromatic amines is 1. The number of H-pyrrole nitrogens is 1. The molecule has 36 heavy (non-hydrogen) atoms. The first-order valence-electron chi connectivity index (χ1n) is 12.5. The van der Waals surface area contributed by atoms with Crippen molar-refractivity contribution in [2.45, 2.75) is 50.7 Å². The molecule has 9 heteroatoms. The average molecular weight is 487 g/mol. The van der Waals surface area contributed by atoms with E-state index in [1.54, 1.807) is 20.3 Å². The fourth-order valence-corrected chi connectivity index (χ4v) is 5.78. The normalized spacial score (nSPS) is 17.3. The lowest BCUT2D eigenvalue weighted by Crippen LogP contribution is -2.39. The van der Waals surface area contributed by atoms with Crippen LogP contribution in [0.2, 0.25) is 0 Å². The number of aromatic nitrogens is 5. The highest BCUT2D eigenvalue weighted by Gasteiger charge is 2.34. The van der Waals surface area contributed by atoms with Crippen LogP contribution in [0.15, 0.2) is 47.3 Å². The van der Waals surface area contributed by atoms with E-state index in [1.807, 2.05) is 16.8 Å². The van der Waals surface area contributed by atoms with Crippen LogP contribution in [-0.4, -0.2) is 50.9 Å². The minimum Gasteiger partial charge on any atom is -0.493 e. The number of fused-ring (bicyclic) bond motifs is 2. The maximum absolute atomic E-state index is 13.6. The Kier molecular flexibility index (Phi) is 5.92. The fraction of sp³-hybridized carbons (Fsp3) is 0.407. The van der Waals surface area contributed by atoms with Crippen LogP contribution in [0.3, 0.4) is 0 Å². The number of methoxy groups -OCH3 is 2. The largest absolute Gasteiger partial charge is 0.493 e. The van der Waals surface area contributed by atoms with Gasteiger partial charge in [-0.2, -0.15) is 0 Å². The van der Waals surface area contributed by atoms with Gasteiger partial charge < -0.3 is 14.5 Å². The van der Waals surface area contributed by atoms with Crippen molar-refractivity contribution in [3.8, 4) is 11.5 Å². The summed E-state index contributed by atoms with van der Waals surface area (Å²) in [6, 6.07) is 14.0. The van der Waals surface area contributed by atoms with Crippen LogP contribution in [0.5, 0.6) is 11.5 Å². The number of benzene rings is 2. The lowest BCUT2D eigenvalue weighted by molar-refractivity contribution is 0.190. The van der Waals surface area contributed by atoms with E-state index >= 15 is 0 Å². The zero-order valence-electron chi connectivity index (χ0n) is 20.6. The lowest BCUT2D eigenvalue weighted by Gasteiger charge is -2.35. The monoisotopic (exact) mass is 486 g/mol. The van der Waals surface area contributed by atoms with Crippen molar-refractivity contribution >= 4 is 10.9 Å². The molecule has 3 heterocycles. The maximum Gasteiger partial charge on any atom is 0.253 e. The Morgan fingerprint density at radius 3 is 2.56 bits per heavy atom. The molecule has 1 fully saturated rings. The Morgan fingerprint density at radius 1 is 1.03 bits per heavy atom. The summed E-state index contributed by atoms with van der Waals surface area (Å²) >= 11 is 0. The first-order valence-corrected chi connectivity index (χ1v) is 12.5. The second kappa shape index (κ2) is 9.39. The van der Waals surface area contributed by atoms with Gasteiger partial charge in [0.05, 0.1) is 25.8 Å². The Bertz CT molecular complexity index is 1460. The number of nitrogens with zero attached hydrogens (tertiary/aromatic N) is 5. The number of tetrazole rings is 1. The maximum atomic E-state index is 13.6. The molecule has 1 atom stereocenters. The van der Waals surface area contributed by atoms with Crippen LogP contribution in [0.25, 0.3) is 10.9 Å². The number of pyridine rings is 1. The van der Waals surface area contributed by atoms with Crippen molar-refractivity contribution in [3.63, 3.8) is 0 Å². The van der Waals surface area contributed by atoms with Crippen molar-refractivity contribution in [2.75, 3.05) is 20.8 Å². The Hall–Kier alpha value is -3.72. The molecule has 1 saturated carbocycles. The molecule has 0 amide bonds. The molecule has 186 valence electrons. The van der Waals surface area contributed by atoms with Gasteiger partial charge in [-0.05, 0) is 52.9 Å². The smallest absolute Gasteiger partial charge is 0.253 e. The van der Waals surface area contributed by atoms with Gasteiger partial charge in [-0.25, -0.2) is 4.68 Å². The average Bonchev–Trinajstić information content (AvgIpc) is 3.61. The Morgan fingerprint density at radius 2 is 1.78 bits per heavy atom. The van der Waals surface area contributed by atoms with Gasteiger partial charge in [0.25, 0.3) is 5.56 Å². The highest BCUT2D eigenvalue weighted by atomic mass is 16.5. The van der Waals surface area contributed by atoms with E-state index in [4.69, 9.17) is 9.47 Å². The van der Waals surface area contributed by atoms with E-state index in [-0.39, 0.29) is 17.6 Å². The van der Waals surface area contributed by atoms with Crippen molar-refractivity contribution in [1.29, 1.82) is 0 Å². The summed E-state index contributed by atoms with van der Waals surface area (Å²) in [6.07, 6.45) is 5.36. The molecule has 2 aromatic heterocycles. The number of ether oxygens (including phenoxy) is 2. The predicted octanol–water partition coefficient (Wildman–Crippen LogP) is 3.79. The molecule has 0 spiro atoms. The highest BCUT2D eigenvalue weighted by Crippen LogP contribution is 2.37. The second-order valence-electron chi connectivity index (χ2n) is 9.66. The van der Waals surface area contributed by atoms with Gasteiger partial charge in [-0.1, -0.05) is 37.1 Å². The third-order valence-electron chi connectivity index (χ3n) is 7.63. The van der Waals surface area contributed by atoms with E-state index in [2.05, 4.69) is 49.7 Å². The quantitative estimate of drug-likeness (QED) is 0.443. The molecule has 0 radical (unpaired) electrons. The summed E-state index contributed by atoms with van der Waals surface area (Å²) in [5.41, 5.74) is 3.80. The molecule has 0 bridgehead atoms. The summed E-state index contributed by atoms with van der Waals surface area (Å²) in [7, 11) is 3.20. The van der Waals surface area contributed by atoms with E-state index < -0.39 is 0 Å². The van der Waals surface area contributed by atoms with Gasteiger partial charge in [0, 0.05) is 30.1 Å². The van der Waals surface area contributed by atoms with Crippen LogP contribution in [0.1, 0.15) is 60.3 Å². The molecular weight excluding hydrogens is 456 g/mol. The summed E-state index contributed by atoms with van der Waals surface area (Å²) in [6.45, 7) is 1.53. The summed E-state index contributed by atoms with van der Waals surface area (Å²) in [5.74, 6) is 1.91. The fourth-order valence-electron chi connectivity index (χ4n) is 5.78. The molecule has 1 aliphatic carbocycles. The number of hydrogen-bond acceptors (Lipinski definition) is 7. The van der Waals surface area contributed by atoms with Gasteiger partial charge in [0.2, 0.25) is 0 Å². The van der Waals surface area contributed by atoms with Gasteiger partial charge >= 0.3 is 0 Å². The van der Waals surface area contributed by atoms with Gasteiger partial charge in [0.1, 0.15) is 6.04 Å².